The van der Waals surface area contributed by atoms with Crippen LogP contribution in [0.15, 0.2) is 48.5 Å². The standard InChI is InChI=1S/C31H42Cl2N4O2/c1-3-23(24-7-5-4-6-8-24)21-37-18-13-26(20-34-30(38)25-9-10-27(32)28(33)19-25)35-29(31(37)39)14-17-36-15-11-22(2)12-16-36/h4-10,19,22-23,26,29,35H,3,11-18,20-21H2,1-2H3,(H,34,38)/t23?,26-,29-/m0/s1. The van der Waals surface area contributed by atoms with E-state index in [1.165, 1.54) is 18.4 Å². The summed E-state index contributed by atoms with van der Waals surface area (Å²) in [5.41, 5.74) is 1.75. The van der Waals surface area contributed by atoms with Crippen LogP contribution in [0.4, 0.5) is 0 Å². The van der Waals surface area contributed by atoms with E-state index in [1.807, 2.05) is 6.07 Å². The van der Waals surface area contributed by atoms with Crippen molar-refractivity contribution >= 4 is 35.0 Å². The van der Waals surface area contributed by atoms with Gasteiger partial charge >= 0.3 is 0 Å². The van der Waals surface area contributed by atoms with Crippen LogP contribution in [0, 0.1) is 5.92 Å². The molecule has 212 valence electrons. The minimum absolute atomic E-state index is 0.00569. The molecule has 0 bridgehead atoms. The van der Waals surface area contributed by atoms with Crippen molar-refractivity contribution in [3.05, 3.63) is 69.7 Å². The molecule has 8 heteroatoms. The molecule has 0 aliphatic carbocycles. The highest BCUT2D eigenvalue weighted by atomic mass is 35.5. The molecule has 2 aromatic rings. The van der Waals surface area contributed by atoms with E-state index in [0.29, 0.717) is 41.2 Å². The number of nitrogens with zero attached hydrogens (tertiary/aromatic N) is 2. The summed E-state index contributed by atoms with van der Waals surface area (Å²) in [6, 6.07) is 15.1. The number of piperidine rings is 1. The van der Waals surface area contributed by atoms with Crippen LogP contribution in [0.3, 0.4) is 0 Å². The minimum Gasteiger partial charge on any atom is -0.350 e. The fraction of sp³-hybridized carbons (Fsp3) is 0.548. The Kier molecular flexibility index (Phi) is 11.1. The number of nitrogens with one attached hydrogen (secondary N) is 2. The first-order valence-corrected chi connectivity index (χ1v) is 15.1. The molecule has 3 atom stereocenters. The van der Waals surface area contributed by atoms with Gasteiger partial charge in [0.05, 0.1) is 16.1 Å². The van der Waals surface area contributed by atoms with Gasteiger partial charge in [0, 0.05) is 43.7 Å². The van der Waals surface area contributed by atoms with Gasteiger partial charge in [-0.25, -0.2) is 0 Å². The topological polar surface area (TPSA) is 64.7 Å². The highest BCUT2D eigenvalue weighted by Gasteiger charge is 2.32. The molecule has 2 aromatic carbocycles. The van der Waals surface area contributed by atoms with Gasteiger partial charge in [-0.1, -0.05) is 67.4 Å². The van der Waals surface area contributed by atoms with Crippen molar-refractivity contribution in [1.29, 1.82) is 0 Å². The van der Waals surface area contributed by atoms with Crippen molar-refractivity contribution < 1.29 is 9.59 Å². The smallest absolute Gasteiger partial charge is 0.251 e. The molecular formula is C31H42Cl2N4O2. The maximum absolute atomic E-state index is 13.9. The Balaban J connectivity index is 1.43. The van der Waals surface area contributed by atoms with E-state index in [9.17, 15) is 9.59 Å². The molecular weight excluding hydrogens is 531 g/mol. The van der Waals surface area contributed by atoms with Crippen LogP contribution in [-0.2, 0) is 4.79 Å². The molecule has 2 fully saturated rings. The largest absolute Gasteiger partial charge is 0.350 e. The summed E-state index contributed by atoms with van der Waals surface area (Å²) in [5, 5.41) is 7.44. The van der Waals surface area contributed by atoms with Crippen LogP contribution in [0.1, 0.15) is 67.8 Å². The summed E-state index contributed by atoms with van der Waals surface area (Å²) in [6.45, 7) is 9.42. The molecule has 2 amide bonds. The van der Waals surface area contributed by atoms with Gasteiger partial charge in [-0.2, -0.15) is 0 Å². The zero-order valence-corrected chi connectivity index (χ0v) is 24.7. The van der Waals surface area contributed by atoms with Crippen molar-refractivity contribution in [2.24, 2.45) is 5.92 Å². The first-order chi connectivity index (χ1) is 18.8. The van der Waals surface area contributed by atoms with Crippen LogP contribution >= 0.6 is 23.2 Å². The number of hydrogen-bond donors (Lipinski definition) is 2. The normalized spacial score (nSPS) is 21.9. The van der Waals surface area contributed by atoms with E-state index in [1.54, 1.807) is 18.2 Å². The third-order valence-corrected chi connectivity index (χ3v) is 9.04. The summed E-state index contributed by atoms with van der Waals surface area (Å²) >= 11 is 12.1. The van der Waals surface area contributed by atoms with Crippen molar-refractivity contribution in [3.63, 3.8) is 0 Å². The molecule has 39 heavy (non-hydrogen) atoms. The van der Waals surface area contributed by atoms with E-state index in [2.05, 4.69) is 58.5 Å². The lowest BCUT2D eigenvalue weighted by molar-refractivity contribution is -0.133. The SMILES string of the molecule is CCC(CN1CC[C@@H](CNC(=O)c2ccc(Cl)c(Cl)c2)N[C@@H](CCN2CCC(C)CC2)C1=O)c1ccccc1. The molecule has 2 heterocycles. The Hall–Kier alpha value is -2.12. The number of likely N-dealkylation sites (tertiary alicyclic amines) is 1. The number of carbonyl (C=O) groups excluding carboxylic acids is 2. The Bertz CT molecular complexity index is 1090. The fourth-order valence-electron chi connectivity index (χ4n) is 5.64. The minimum atomic E-state index is -0.271. The third kappa shape index (κ3) is 8.43. The predicted molar refractivity (Wildman–Crippen MR) is 160 cm³/mol. The Morgan fingerprint density at radius 3 is 2.49 bits per heavy atom. The molecule has 0 saturated carbocycles. The molecule has 6 nitrogen and oxygen atoms in total. The first kappa shape index (κ1) is 29.9. The van der Waals surface area contributed by atoms with Gasteiger partial charge in [0.25, 0.3) is 5.91 Å². The summed E-state index contributed by atoms with van der Waals surface area (Å²) < 4.78 is 0. The van der Waals surface area contributed by atoms with Crippen molar-refractivity contribution in [1.82, 2.24) is 20.4 Å². The zero-order chi connectivity index (χ0) is 27.8. The maximum Gasteiger partial charge on any atom is 0.251 e. The van der Waals surface area contributed by atoms with E-state index in [0.717, 1.165) is 44.8 Å². The molecule has 1 unspecified atom stereocenters. The highest BCUT2D eigenvalue weighted by Crippen LogP contribution is 2.24. The second kappa shape index (κ2) is 14.5. The second-order valence-electron chi connectivity index (χ2n) is 11.2. The zero-order valence-electron chi connectivity index (χ0n) is 23.2. The van der Waals surface area contributed by atoms with Crippen LogP contribution in [0.2, 0.25) is 10.0 Å². The van der Waals surface area contributed by atoms with Gasteiger partial charge < -0.3 is 20.4 Å². The number of amides is 2. The van der Waals surface area contributed by atoms with Gasteiger partial charge in [-0.15, -0.1) is 0 Å². The van der Waals surface area contributed by atoms with Crippen molar-refractivity contribution in [2.45, 2.75) is 64.0 Å². The van der Waals surface area contributed by atoms with E-state index >= 15 is 0 Å². The number of benzene rings is 2. The average Bonchev–Trinajstić information content (AvgIpc) is 3.10. The molecule has 0 aromatic heterocycles. The molecule has 2 aliphatic heterocycles. The van der Waals surface area contributed by atoms with Crippen molar-refractivity contribution in [2.75, 3.05) is 39.3 Å². The number of rotatable bonds is 10. The van der Waals surface area contributed by atoms with Gasteiger partial charge in [-0.05, 0) is 74.9 Å². The summed E-state index contributed by atoms with van der Waals surface area (Å²) in [5.74, 6) is 1.05. The fourth-order valence-corrected chi connectivity index (χ4v) is 5.94. The Morgan fingerprint density at radius 2 is 1.79 bits per heavy atom. The number of halogens is 2. The average molecular weight is 574 g/mol. The molecule has 0 radical (unpaired) electrons. The Morgan fingerprint density at radius 1 is 1.05 bits per heavy atom. The lowest BCUT2D eigenvalue weighted by Gasteiger charge is -2.32. The monoisotopic (exact) mass is 572 g/mol. The van der Waals surface area contributed by atoms with E-state index in [4.69, 9.17) is 23.2 Å². The van der Waals surface area contributed by atoms with Crippen LogP contribution in [0.25, 0.3) is 0 Å². The molecule has 2 N–H and O–H groups in total. The first-order valence-electron chi connectivity index (χ1n) is 14.4. The van der Waals surface area contributed by atoms with E-state index < -0.39 is 0 Å². The molecule has 2 aliphatic rings. The third-order valence-electron chi connectivity index (χ3n) is 8.30. The van der Waals surface area contributed by atoms with E-state index in [-0.39, 0.29) is 23.9 Å². The molecule has 0 spiro atoms. The second-order valence-corrected chi connectivity index (χ2v) is 12.0. The Labute approximate surface area is 243 Å². The van der Waals surface area contributed by atoms with Gasteiger partial charge in [0.2, 0.25) is 5.91 Å². The predicted octanol–water partition coefficient (Wildman–Crippen LogP) is 5.60. The van der Waals surface area contributed by atoms with Crippen LogP contribution < -0.4 is 10.6 Å². The summed E-state index contributed by atoms with van der Waals surface area (Å²) in [7, 11) is 0. The highest BCUT2D eigenvalue weighted by molar-refractivity contribution is 6.42. The van der Waals surface area contributed by atoms with Gasteiger partial charge in [0.1, 0.15) is 0 Å². The molecule has 2 saturated heterocycles. The van der Waals surface area contributed by atoms with Crippen LogP contribution in [-0.4, -0.2) is 73.0 Å². The van der Waals surface area contributed by atoms with Crippen LogP contribution in [0.5, 0.6) is 0 Å². The summed E-state index contributed by atoms with van der Waals surface area (Å²) in [4.78, 5) is 31.2. The van der Waals surface area contributed by atoms with Crippen molar-refractivity contribution in [3.8, 4) is 0 Å². The van der Waals surface area contributed by atoms with Gasteiger partial charge in [0.15, 0.2) is 0 Å². The summed E-state index contributed by atoms with van der Waals surface area (Å²) in [6.07, 6.45) is 4.95. The lowest BCUT2D eigenvalue weighted by atomic mass is 9.95. The maximum atomic E-state index is 13.9. The lowest BCUT2D eigenvalue weighted by Crippen LogP contribution is -2.50. The number of carbonyl (C=O) groups is 2. The number of hydrogen-bond acceptors (Lipinski definition) is 4. The van der Waals surface area contributed by atoms with Gasteiger partial charge in [-0.3, -0.25) is 9.59 Å². The molecule has 4 rings (SSSR count). The quantitative estimate of drug-likeness (QED) is 0.389.